The number of ether oxygens (including phenoxy) is 3. The van der Waals surface area contributed by atoms with E-state index < -0.39 is 0 Å². The highest BCUT2D eigenvalue weighted by molar-refractivity contribution is 6.00. The van der Waals surface area contributed by atoms with Crippen molar-refractivity contribution >= 4 is 11.6 Å². The lowest BCUT2D eigenvalue weighted by Crippen LogP contribution is -2.26. The maximum atomic E-state index is 13.8. The molecule has 0 amide bonds. The van der Waals surface area contributed by atoms with E-state index in [4.69, 9.17) is 14.2 Å². The molecule has 1 aliphatic carbocycles. The average molecular weight is 507 g/mol. The fourth-order valence-electron chi connectivity index (χ4n) is 5.03. The van der Waals surface area contributed by atoms with Crippen molar-refractivity contribution < 1.29 is 23.8 Å². The number of Topliss-reactive ketones (excluding diaryl/α,β-unsaturated/α-hetero) is 2. The van der Waals surface area contributed by atoms with Crippen LogP contribution in [0.3, 0.4) is 0 Å². The number of hydrogen-bond donors (Lipinski definition) is 0. The Hall–Kier alpha value is -2.92. The molecule has 3 rings (SSSR count). The van der Waals surface area contributed by atoms with Crippen LogP contribution in [-0.2, 0) is 16.1 Å². The molecule has 0 saturated heterocycles. The zero-order valence-corrected chi connectivity index (χ0v) is 23.1. The Morgan fingerprint density at radius 1 is 1.00 bits per heavy atom. The molecule has 0 bridgehead atoms. The second-order valence-electron chi connectivity index (χ2n) is 10.2. The third-order valence-electron chi connectivity index (χ3n) is 7.54. The van der Waals surface area contributed by atoms with Crippen LogP contribution >= 0.6 is 0 Å². The van der Waals surface area contributed by atoms with E-state index in [0.29, 0.717) is 56.3 Å². The quantitative estimate of drug-likeness (QED) is 0.135. The Balaban J connectivity index is 1.87. The third-order valence-corrected chi connectivity index (χ3v) is 7.54. The minimum atomic E-state index is -0.236. The first-order chi connectivity index (χ1) is 17.7. The van der Waals surface area contributed by atoms with E-state index in [9.17, 15) is 9.59 Å². The minimum Gasteiger partial charge on any atom is -0.493 e. The van der Waals surface area contributed by atoms with E-state index in [-0.39, 0.29) is 28.8 Å². The van der Waals surface area contributed by atoms with Crippen LogP contribution in [0.25, 0.3) is 0 Å². The van der Waals surface area contributed by atoms with Gasteiger partial charge in [0, 0.05) is 18.9 Å². The van der Waals surface area contributed by atoms with Crippen LogP contribution in [0.15, 0.2) is 54.6 Å². The number of allylic oxidation sites excluding steroid dienone is 1. The molecular formula is C32H42O5. The first-order valence-electron chi connectivity index (χ1n) is 13.5. The SMILES string of the molecule is C=C(C)C1(CC(=O)C(CCOCc2ccccc2)[C@H](C)c2cc(OCC)c(C(C)=O)c(OCC)c2)CC1. The van der Waals surface area contributed by atoms with Crippen LogP contribution in [0.4, 0.5) is 0 Å². The fraction of sp³-hybridized carbons (Fsp3) is 0.500. The maximum absolute atomic E-state index is 13.8. The van der Waals surface area contributed by atoms with Gasteiger partial charge >= 0.3 is 0 Å². The van der Waals surface area contributed by atoms with Crippen LogP contribution in [0.2, 0.25) is 0 Å². The summed E-state index contributed by atoms with van der Waals surface area (Å²) in [5.41, 5.74) is 3.54. The van der Waals surface area contributed by atoms with Gasteiger partial charge in [-0.1, -0.05) is 49.4 Å². The average Bonchev–Trinajstić information content (AvgIpc) is 3.65. The first-order valence-corrected chi connectivity index (χ1v) is 13.5. The number of hydrogen-bond acceptors (Lipinski definition) is 5. The van der Waals surface area contributed by atoms with E-state index in [1.165, 1.54) is 6.92 Å². The fourth-order valence-corrected chi connectivity index (χ4v) is 5.03. The van der Waals surface area contributed by atoms with Gasteiger partial charge in [-0.3, -0.25) is 9.59 Å². The van der Waals surface area contributed by atoms with E-state index in [2.05, 4.69) is 13.5 Å². The van der Waals surface area contributed by atoms with Gasteiger partial charge in [-0.25, -0.2) is 0 Å². The van der Waals surface area contributed by atoms with Crippen molar-refractivity contribution in [1.29, 1.82) is 0 Å². The lowest BCUT2D eigenvalue weighted by molar-refractivity contribution is -0.125. The smallest absolute Gasteiger partial charge is 0.167 e. The van der Waals surface area contributed by atoms with E-state index in [1.54, 1.807) is 0 Å². The summed E-state index contributed by atoms with van der Waals surface area (Å²) >= 11 is 0. The molecule has 37 heavy (non-hydrogen) atoms. The van der Waals surface area contributed by atoms with Gasteiger partial charge in [0.15, 0.2) is 5.78 Å². The van der Waals surface area contributed by atoms with Crippen molar-refractivity contribution in [3.8, 4) is 11.5 Å². The second kappa shape index (κ2) is 13.0. The Kier molecular flexibility index (Phi) is 10.1. The summed E-state index contributed by atoms with van der Waals surface area (Å²) in [6.45, 7) is 15.4. The van der Waals surface area contributed by atoms with Gasteiger partial charge in [0.1, 0.15) is 22.8 Å². The molecule has 0 radical (unpaired) electrons. The van der Waals surface area contributed by atoms with Crippen molar-refractivity contribution in [2.75, 3.05) is 19.8 Å². The molecule has 0 heterocycles. The summed E-state index contributed by atoms with van der Waals surface area (Å²) in [4.78, 5) is 26.2. The molecule has 200 valence electrons. The topological polar surface area (TPSA) is 61.8 Å². The number of rotatable bonds is 16. The molecule has 0 spiro atoms. The van der Waals surface area contributed by atoms with Crippen molar-refractivity contribution in [1.82, 2.24) is 0 Å². The summed E-state index contributed by atoms with van der Waals surface area (Å²) in [6.07, 6.45) is 3.17. The zero-order chi connectivity index (χ0) is 27.0. The van der Waals surface area contributed by atoms with Crippen LogP contribution in [0.1, 0.15) is 87.7 Å². The summed E-state index contributed by atoms with van der Waals surface area (Å²) < 4.78 is 17.7. The molecule has 2 atom stereocenters. The van der Waals surface area contributed by atoms with Crippen molar-refractivity contribution in [2.45, 2.75) is 72.8 Å². The molecule has 0 aliphatic heterocycles. The standard InChI is InChI=1S/C32H42O5/c1-7-36-29-18-26(19-30(37-8-2)31(29)24(6)33)23(5)27(28(34)20-32(15-16-32)22(3)4)14-17-35-21-25-12-10-9-11-13-25/h9-13,18-19,23,27H,3,7-8,14-17,20-21H2,1-2,4-6H3/t23-,27?/m1/s1. The summed E-state index contributed by atoms with van der Waals surface area (Å²) in [6, 6.07) is 13.9. The Labute approximate surface area is 222 Å². The van der Waals surface area contributed by atoms with E-state index in [1.807, 2.05) is 63.2 Å². The van der Waals surface area contributed by atoms with Crippen LogP contribution < -0.4 is 9.47 Å². The molecule has 5 nitrogen and oxygen atoms in total. The molecule has 1 unspecified atom stereocenters. The zero-order valence-electron chi connectivity index (χ0n) is 23.1. The lowest BCUT2D eigenvalue weighted by atomic mass is 9.78. The molecule has 0 N–H and O–H groups in total. The van der Waals surface area contributed by atoms with Gasteiger partial charge < -0.3 is 14.2 Å². The molecule has 2 aromatic rings. The minimum absolute atomic E-state index is 0.0502. The number of benzene rings is 2. The summed E-state index contributed by atoms with van der Waals surface area (Å²) in [5.74, 6) is 0.811. The van der Waals surface area contributed by atoms with Crippen molar-refractivity contribution in [3.63, 3.8) is 0 Å². The van der Waals surface area contributed by atoms with Crippen LogP contribution in [0, 0.1) is 11.3 Å². The predicted octanol–water partition coefficient (Wildman–Crippen LogP) is 7.33. The molecule has 1 saturated carbocycles. The molecule has 5 heteroatoms. The van der Waals surface area contributed by atoms with Gasteiger partial charge in [0.25, 0.3) is 0 Å². The summed E-state index contributed by atoms with van der Waals surface area (Å²) in [5, 5.41) is 0. The molecule has 1 aliphatic rings. The molecule has 0 aromatic heterocycles. The molecule has 2 aromatic carbocycles. The highest BCUT2D eigenvalue weighted by Gasteiger charge is 2.46. The Morgan fingerprint density at radius 2 is 1.59 bits per heavy atom. The van der Waals surface area contributed by atoms with Gasteiger partial charge in [0.05, 0.1) is 19.8 Å². The first kappa shape index (κ1) is 28.6. The van der Waals surface area contributed by atoms with Crippen molar-refractivity contribution in [2.24, 2.45) is 11.3 Å². The maximum Gasteiger partial charge on any atom is 0.167 e. The Morgan fingerprint density at radius 3 is 2.08 bits per heavy atom. The highest BCUT2D eigenvalue weighted by atomic mass is 16.5. The molecular weight excluding hydrogens is 464 g/mol. The Bertz CT molecular complexity index is 1060. The lowest BCUT2D eigenvalue weighted by Gasteiger charge is -2.27. The number of carbonyl (C=O) groups excluding carboxylic acids is 2. The largest absolute Gasteiger partial charge is 0.493 e. The van der Waals surface area contributed by atoms with E-state index >= 15 is 0 Å². The molecule has 1 fully saturated rings. The third kappa shape index (κ3) is 7.32. The van der Waals surface area contributed by atoms with Crippen LogP contribution in [0.5, 0.6) is 11.5 Å². The van der Waals surface area contributed by atoms with Crippen LogP contribution in [-0.4, -0.2) is 31.4 Å². The van der Waals surface area contributed by atoms with Gasteiger partial charge in [-0.15, -0.1) is 0 Å². The highest BCUT2D eigenvalue weighted by Crippen LogP contribution is 2.55. The van der Waals surface area contributed by atoms with Gasteiger partial charge in [0.2, 0.25) is 0 Å². The number of ketones is 2. The predicted molar refractivity (Wildman–Crippen MR) is 148 cm³/mol. The van der Waals surface area contributed by atoms with Crippen molar-refractivity contribution in [3.05, 3.63) is 71.3 Å². The summed E-state index contributed by atoms with van der Waals surface area (Å²) in [7, 11) is 0. The monoisotopic (exact) mass is 506 g/mol. The van der Waals surface area contributed by atoms with Gasteiger partial charge in [-0.05, 0) is 81.5 Å². The van der Waals surface area contributed by atoms with Gasteiger partial charge in [-0.2, -0.15) is 0 Å². The normalized spacial score (nSPS) is 15.5. The van der Waals surface area contributed by atoms with E-state index in [0.717, 1.165) is 29.5 Å². The second-order valence-corrected chi connectivity index (χ2v) is 10.2. The number of carbonyl (C=O) groups is 2.